The summed E-state index contributed by atoms with van der Waals surface area (Å²) in [5.74, 6) is 1.54. The first-order valence-electron chi connectivity index (χ1n) is 4.62. The highest BCUT2D eigenvalue weighted by Gasteiger charge is 2.16. The molecule has 0 saturated carbocycles. The van der Waals surface area contributed by atoms with Crippen molar-refractivity contribution in [2.24, 2.45) is 0 Å². The quantitative estimate of drug-likeness (QED) is 0.585. The molecule has 1 atom stereocenters. The van der Waals surface area contributed by atoms with E-state index in [4.69, 9.17) is 21.1 Å². The molecule has 0 aliphatic heterocycles. The molecule has 3 nitrogen and oxygen atoms in total. The molecule has 0 amide bonds. The fourth-order valence-electron chi connectivity index (χ4n) is 1.30. The molecule has 15 heavy (non-hydrogen) atoms. The van der Waals surface area contributed by atoms with E-state index in [0.29, 0.717) is 0 Å². The van der Waals surface area contributed by atoms with Gasteiger partial charge in [0.1, 0.15) is 17.0 Å². The summed E-state index contributed by atoms with van der Waals surface area (Å²) in [6.07, 6.45) is 0. The molecule has 0 fully saturated rings. The average Bonchev–Trinajstić information content (AvgIpc) is 2.27. The van der Waals surface area contributed by atoms with E-state index in [-0.39, 0.29) is 5.50 Å². The maximum atomic E-state index is 6.24. The molecule has 4 heteroatoms. The molecule has 0 saturated heterocycles. The maximum Gasteiger partial charge on any atom is 0.125 e. The normalized spacial score (nSPS) is 12.7. The zero-order chi connectivity index (χ0) is 11.4. The smallest absolute Gasteiger partial charge is 0.125 e. The number of hydrogen-bond acceptors (Lipinski definition) is 3. The SMILES string of the molecule is COc1ccc(OC)c(C(Cl)N(C)C)c1. The van der Waals surface area contributed by atoms with Crippen molar-refractivity contribution in [1.82, 2.24) is 4.90 Å². The van der Waals surface area contributed by atoms with Crippen LogP contribution in [0.15, 0.2) is 18.2 Å². The predicted molar refractivity (Wildman–Crippen MR) is 61.8 cm³/mol. The molecular weight excluding hydrogens is 214 g/mol. The number of halogens is 1. The second-order valence-electron chi connectivity index (χ2n) is 3.41. The molecule has 1 aromatic carbocycles. The average molecular weight is 230 g/mol. The van der Waals surface area contributed by atoms with Gasteiger partial charge in [0, 0.05) is 5.56 Å². The molecule has 1 aromatic rings. The standard InChI is InChI=1S/C11H16ClNO2/c1-13(2)11(12)9-7-8(14-3)5-6-10(9)15-4/h5-7,11H,1-4H3. The summed E-state index contributed by atoms with van der Waals surface area (Å²) in [5, 5.41) is 0. The van der Waals surface area contributed by atoms with Crippen LogP contribution in [0.3, 0.4) is 0 Å². The number of nitrogens with zero attached hydrogens (tertiary/aromatic N) is 1. The van der Waals surface area contributed by atoms with Crippen LogP contribution in [0.2, 0.25) is 0 Å². The van der Waals surface area contributed by atoms with Crippen molar-refractivity contribution in [3.8, 4) is 11.5 Å². The highest BCUT2D eigenvalue weighted by atomic mass is 35.5. The van der Waals surface area contributed by atoms with Gasteiger partial charge in [-0.3, -0.25) is 4.90 Å². The number of benzene rings is 1. The number of methoxy groups -OCH3 is 2. The second-order valence-corrected chi connectivity index (χ2v) is 3.82. The molecule has 84 valence electrons. The Balaban J connectivity index is 3.11. The minimum atomic E-state index is -0.227. The minimum absolute atomic E-state index is 0.227. The van der Waals surface area contributed by atoms with Gasteiger partial charge in [0.25, 0.3) is 0 Å². The van der Waals surface area contributed by atoms with Crippen molar-refractivity contribution in [3.63, 3.8) is 0 Å². The summed E-state index contributed by atoms with van der Waals surface area (Å²) in [7, 11) is 7.09. The molecule has 0 bridgehead atoms. The van der Waals surface area contributed by atoms with Crippen molar-refractivity contribution >= 4 is 11.6 Å². The molecule has 0 N–H and O–H groups in total. The van der Waals surface area contributed by atoms with Crippen LogP contribution >= 0.6 is 11.6 Å². The fourth-order valence-corrected chi connectivity index (χ4v) is 1.47. The number of ether oxygens (including phenoxy) is 2. The van der Waals surface area contributed by atoms with Gasteiger partial charge in [-0.05, 0) is 32.3 Å². The van der Waals surface area contributed by atoms with Crippen molar-refractivity contribution in [2.75, 3.05) is 28.3 Å². The second kappa shape index (κ2) is 5.24. The van der Waals surface area contributed by atoms with Crippen molar-refractivity contribution in [2.45, 2.75) is 5.50 Å². The van der Waals surface area contributed by atoms with Gasteiger partial charge in [-0.1, -0.05) is 0 Å². The lowest BCUT2D eigenvalue weighted by atomic mass is 10.1. The topological polar surface area (TPSA) is 21.7 Å². The van der Waals surface area contributed by atoms with Gasteiger partial charge in [-0.25, -0.2) is 0 Å². The van der Waals surface area contributed by atoms with Crippen LogP contribution in [0.4, 0.5) is 0 Å². The Morgan fingerprint density at radius 3 is 2.33 bits per heavy atom. The van der Waals surface area contributed by atoms with E-state index in [0.717, 1.165) is 17.1 Å². The molecule has 0 heterocycles. The first-order chi connectivity index (χ1) is 7.10. The molecule has 0 aliphatic carbocycles. The Hall–Kier alpha value is -0.930. The molecular formula is C11H16ClNO2. The Labute approximate surface area is 95.5 Å². The van der Waals surface area contributed by atoms with Crippen molar-refractivity contribution in [1.29, 1.82) is 0 Å². The van der Waals surface area contributed by atoms with E-state index >= 15 is 0 Å². The third-order valence-electron chi connectivity index (χ3n) is 2.15. The van der Waals surface area contributed by atoms with Gasteiger partial charge in [0.2, 0.25) is 0 Å². The summed E-state index contributed by atoms with van der Waals surface area (Å²) in [6, 6.07) is 5.59. The Morgan fingerprint density at radius 1 is 1.20 bits per heavy atom. The van der Waals surface area contributed by atoms with E-state index in [9.17, 15) is 0 Å². The van der Waals surface area contributed by atoms with E-state index in [1.165, 1.54) is 0 Å². The van der Waals surface area contributed by atoms with Crippen LogP contribution in [0.5, 0.6) is 11.5 Å². The fraction of sp³-hybridized carbons (Fsp3) is 0.455. The number of rotatable bonds is 4. The molecule has 0 aliphatic rings. The van der Waals surface area contributed by atoms with Gasteiger partial charge in [0.05, 0.1) is 14.2 Å². The Kier molecular flexibility index (Phi) is 4.24. The summed E-state index contributed by atoms with van der Waals surface area (Å²) in [6.45, 7) is 0. The monoisotopic (exact) mass is 229 g/mol. The molecule has 0 radical (unpaired) electrons. The Bertz CT molecular complexity index is 328. The lowest BCUT2D eigenvalue weighted by Crippen LogP contribution is -2.15. The van der Waals surface area contributed by atoms with Gasteiger partial charge in [-0.15, -0.1) is 11.6 Å². The highest BCUT2D eigenvalue weighted by Crippen LogP contribution is 2.33. The zero-order valence-corrected chi connectivity index (χ0v) is 10.2. The van der Waals surface area contributed by atoms with E-state index in [2.05, 4.69) is 0 Å². The van der Waals surface area contributed by atoms with Gasteiger partial charge in [0.15, 0.2) is 0 Å². The summed E-state index contributed by atoms with van der Waals surface area (Å²) >= 11 is 6.24. The van der Waals surface area contributed by atoms with E-state index < -0.39 is 0 Å². The first-order valence-corrected chi connectivity index (χ1v) is 5.06. The first kappa shape index (κ1) is 12.1. The van der Waals surface area contributed by atoms with Crippen LogP contribution in [-0.4, -0.2) is 33.2 Å². The predicted octanol–water partition coefficient (Wildman–Crippen LogP) is 2.50. The van der Waals surface area contributed by atoms with Crippen LogP contribution in [0.25, 0.3) is 0 Å². The lowest BCUT2D eigenvalue weighted by Gasteiger charge is -2.20. The van der Waals surface area contributed by atoms with E-state index in [1.807, 2.05) is 37.2 Å². The van der Waals surface area contributed by atoms with Crippen molar-refractivity contribution < 1.29 is 9.47 Å². The summed E-state index contributed by atoms with van der Waals surface area (Å²) in [5.41, 5.74) is 0.679. The Morgan fingerprint density at radius 2 is 1.87 bits per heavy atom. The molecule has 0 spiro atoms. The van der Waals surface area contributed by atoms with Crippen LogP contribution < -0.4 is 9.47 Å². The number of alkyl halides is 1. The zero-order valence-electron chi connectivity index (χ0n) is 9.45. The van der Waals surface area contributed by atoms with Crippen LogP contribution in [0, 0.1) is 0 Å². The van der Waals surface area contributed by atoms with Crippen LogP contribution in [-0.2, 0) is 0 Å². The minimum Gasteiger partial charge on any atom is -0.497 e. The highest BCUT2D eigenvalue weighted by molar-refractivity contribution is 6.20. The third kappa shape index (κ3) is 2.76. The lowest BCUT2D eigenvalue weighted by molar-refractivity contribution is 0.356. The maximum absolute atomic E-state index is 6.24. The van der Waals surface area contributed by atoms with Gasteiger partial charge >= 0.3 is 0 Å². The molecule has 0 aromatic heterocycles. The van der Waals surface area contributed by atoms with Crippen molar-refractivity contribution in [3.05, 3.63) is 23.8 Å². The largest absolute Gasteiger partial charge is 0.497 e. The summed E-state index contributed by atoms with van der Waals surface area (Å²) in [4.78, 5) is 1.90. The van der Waals surface area contributed by atoms with Gasteiger partial charge < -0.3 is 9.47 Å². The molecule has 1 rings (SSSR count). The molecule has 1 unspecified atom stereocenters. The third-order valence-corrected chi connectivity index (χ3v) is 2.77. The summed E-state index contributed by atoms with van der Waals surface area (Å²) < 4.78 is 10.4. The number of hydrogen-bond donors (Lipinski definition) is 0. The van der Waals surface area contributed by atoms with Crippen LogP contribution in [0.1, 0.15) is 11.1 Å². The van der Waals surface area contributed by atoms with E-state index in [1.54, 1.807) is 14.2 Å². The van der Waals surface area contributed by atoms with Gasteiger partial charge in [-0.2, -0.15) is 0 Å².